The quantitative estimate of drug-likeness (QED) is 0.705. The molecule has 1 aromatic rings. The molecule has 1 heterocycles. The second-order valence-corrected chi connectivity index (χ2v) is 1.77. The van der Waals surface area contributed by atoms with E-state index in [-0.39, 0.29) is 4.57 Å². The number of aromatic nitrogens is 2. The van der Waals surface area contributed by atoms with E-state index >= 15 is 0 Å². The van der Waals surface area contributed by atoms with Crippen LogP contribution in [0.1, 0.15) is 17.0 Å². The van der Waals surface area contributed by atoms with Crippen molar-refractivity contribution in [3.8, 4) is 0 Å². The second kappa shape index (κ2) is 2.65. The molecule has 4 nitrogen and oxygen atoms in total. The number of carboxylic acid groups (broad SMARTS) is 1. The molecule has 0 atom stereocenters. The third kappa shape index (κ3) is 1.34. The summed E-state index contributed by atoms with van der Waals surface area (Å²) in [6.07, 6.45) is 1.64. The molecule has 0 amide bonds. The van der Waals surface area contributed by atoms with E-state index in [9.17, 15) is 13.6 Å². The summed E-state index contributed by atoms with van der Waals surface area (Å²) in [5.74, 6) is -1.41. The van der Waals surface area contributed by atoms with Gasteiger partial charge in [-0.3, -0.25) is 4.57 Å². The van der Waals surface area contributed by atoms with Crippen molar-refractivity contribution in [3.05, 3.63) is 18.2 Å². The van der Waals surface area contributed by atoms with Gasteiger partial charge >= 0.3 is 12.5 Å². The van der Waals surface area contributed by atoms with Gasteiger partial charge in [-0.05, 0) is 0 Å². The molecule has 0 saturated heterocycles. The summed E-state index contributed by atoms with van der Waals surface area (Å²) in [6.45, 7) is -2.86. The molecule has 6 heteroatoms. The molecular weight excluding hydrogens is 158 g/mol. The number of alkyl halides is 2. The molecule has 0 saturated carbocycles. The van der Waals surface area contributed by atoms with Gasteiger partial charge in [0.15, 0.2) is 5.69 Å². The molecule has 1 N–H and O–H groups in total. The van der Waals surface area contributed by atoms with Crippen LogP contribution in [-0.4, -0.2) is 20.6 Å². The normalized spacial score (nSPS) is 10.5. The van der Waals surface area contributed by atoms with Crippen molar-refractivity contribution in [1.29, 1.82) is 0 Å². The monoisotopic (exact) mass is 162 g/mol. The van der Waals surface area contributed by atoms with Crippen LogP contribution in [0.3, 0.4) is 0 Å². The van der Waals surface area contributed by atoms with Crippen LogP contribution in [0.25, 0.3) is 0 Å². The van der Waals surface area contributed by atoms with E-state index in [0.29, 0.717) is 0 Å². The summed E-state index contributed by atoms with van der Waals surface area (Å²) in [5.41, 5.74) is -0.514. The van der Waals surface area contributed by atoms with Crippen molar-refractivity contribution in [2.24, 2.45) is 0 Å². The highest BCUT2D eigenvalue weighted by Gasteiger charge is 2.15. The molecule has 60 valence electrons. The first-order chi connectivity index (χ1) is 5.13. The lowest BCUT2D eigenvalue weighted by molar-refractivity contribution is 0.0527. The number of rotatable bonds is 2. The van der Waals surface area contributed by atoms with Crippen LogP contribution in [0.15, 0.2) is 12.5 Å². The molecular formula is C5H4F2N2O2. The number of hydrogen-bond acceptors (Lipinski definition) is 2. The molecule has 0 aromatic carbocycles. The van der Waals surface area contributed by atoms with E-state index in [1.54, 1.807) is 0 Å². The maximum atomic E-state index is 11.9. The lowest BCUT2D eigenvalue weighted by Crippen LogP contribution is -2.07. The van der Waals surface area contributed by atoms with E-state index < -0.39 is 18.2 Å². The average Bonchev–Trinajstić information content (AvgIpc) is 2.32. The number of carbonyl (C=O) groups is 1. The van der Waals surface area contributed by atoms with Crippen LogP contribution in [-0.2, 0) is 0 Å². The molecule has 0 unspecified atom stereocenters. The molecule has 0 spiro atoms. The Kier molecular flexibility index (Phi) is 1.84. The maximum Gasteiger partial charge on any atom is 0.354 e. The van der Waals surface area contributed by atoms with Gasteiger partial charge in [-0.25, -0.2) is 9.78 Å². The predicted octanol–water partition coefficient (Wildman–Crippen LogP) is 0.976. The Morgan fingerprint density at radius 2 is 2.36 bits per heavy atom. The zero-order valence-electron chi connectivity index (χ0n) is 5.24. The fourth-order valence-corrected chi connectivity index (χ4v) is 0.626. The number of hydrogen-bond donors (Lipinski definition) is 1. The fourth-order valence-electron chi connectivity index (χ4n) is 0.626. The van der Waals surface area contributed by atoms with Gasteiger partial charge in [0.2, 0.25) is 0 Å². The molecule has 0 radical (unpaired) electrons. The summed E-state index contributed by atoms with van der Waals surface area (Å²) >= 11 is 0. The molecule has 0 aliphatic heterocycles. The summed E-state index contributed by atoms with van der Waals surface area (Å²) in [5, 5.41) is 8.31. The van der Waals surface area contributed by atoms with Gasteiger partial charge in [-0.2, -0.15) is 8.78 Å². The molecule has 0 aliphatic rings. The first-order valence-corrected chi connectivity index (χ1v) is 2.66. The lowest BCUT2D eigenvalue weighted by Gasteiger charge is -2.00. The third-order valence-corrected chi connectivity index (χ3v) is 1.10. The first-order valence-electron chi connectivity index (χ1n) is 2.66. The zero-order chi connectivity index (χ0) is 8.43. The van der Waals surface area contributed by atoms with E-state index in [1.165, 1.54) is 0 Å². The SMILES string of the molecule is O=C(O)c1cncn1C(F)F. The van der Waals surface area contributed by atoms with E-state index in [2.05, 4.69) is 4.98 Å². The highest BCUT2D eigenvalue weighted by atomic mass is 19.3. The van der Waals surface area contributed by atoms with Gasteiger partial charge < -0.3 is 5.11 Å². The second-order valence-electron chi connectivity index (χ2n) is 1.77. The van der Waals surface area contributed by atoms with Crippen molar-refractivity contribution in [3.63, 3.8) is 0 Å². The predicted molar refractivity (Wildman–Crippen MR) is 30.4 cm³/mol. The third-order valence-electron chi connectivity index (χ3n) is 1.10. The van der Waals surface area contributed by atoms with E-state index in [0.717, 1.165) is 12.5 Å². The van der Waals surface area contributed by atoms with Gasteiger partial charge in [-0.15, -0.1) is 0 Å². The zero-order valence-corrected chi connectivity index (χ0v) is 5.24. The van der Waals surface area contributed by atoms with Crippen molar-refractivity contribution in [2.45, 2.75) is 6.55 Å². The molecule has 0 bridgehead atoms. The Labute approximate surface area is 60.1 Å². The van der Waals surface area contributed by atoms with Gasteiger partial charge in [0.25, 0.3) is 0 Å². The number of aromatic carboxylic acids is 1. The highest BCUT2D eigenvalue weighted by molar-refractivity contribution is 5.85. The topological polar surface area (TPSA) is 55.1 Å². The maximum absolute atomic E-state index is 11.9. The minimum absolute atomic E-state index is 0.280. The fraction of sp³-hybridized carbons (Fsp3) is 0.200. The Morgan fingerprint density at radius 3 is 2.73 bits per heavy atom. The number of carboxylic acids is 1. The molecule has 1 aromatic heterocycles. The Morgan fingerprint density at radius 1 is 1.73 bits per heavy atom. The Balaban J connectivity index is 3.06. The minimum atomic E-state index is -2.86. The number of nitrogens with zero attached hydrogens (tertiary/aromatic N) is 2. The molecule has 11 heavy (non-hydrogen) atoms. The Bertz CT molecular complexity index is 271. The molecule has 0 aliphatic carbocycles. The average molecular weight is 162 g/mol. The highest BCUT2D eigenvalue weighted by Crippen LogP contribution is 2.12. The smallest absolute Gasteiger partial charge is 0.354 e. The first kappa shape index (κ1) is 7.64. The van der Waals surface area contributed by atoms with Gasteiger partial charge in [0, 0.05) is 0 Å². The summed E-state index contributed by atoms with van der Waals surface area (Å²) < 4.78 is 24.0. The van der Waals surface area contributed by atoms with E-state index in [4.69, 9.17) is 5.11 Å². The van der Waals surface area contributed by atoms with Crippen molar-refractivity contribution in [1.82, 2.24) is 9.55 Å². The van der Waals surface area contributed by atoms with Crippen molar-refractivity contribution < 1.29 is 18.7 Å². The van der Waals surface area contributed by atoms with Crippen LogP contribution < -0.4 is 0 Å². The lowest BCUT2D eigenvalue weighted by atomic mass is 10.5. The van der Waals surface area contributed by atoms with Gasteiger partial charge in [0.1, 0.15) is 0 Å². The van der Waals surface area contributed by atoms with Gasteiger partial charge in [-0.1, -0.05) is 0 Å². The van der Waals surface area contributed by atoms with Crippen molar-refractivity contribution >= 4 is 5.97 Å². The van der Waals surface area contributed by atoms with Crippen molar-refractivity contribution in [2.75, 3.05) is 0 Å². The summed E-state index contributed by atoms with van der Waals surface area (Å²) in [7, 11) is 0. The summed E-state index contributed by atoms with van der Waals surface area (Å²) in [6, 6.07) is 0. The van der Waals surface area contributed by atoms with Crippen LogP contribution >= 0.6 is 0 Å². The van der Waals surface area contributed by atoms with Gasteiger partial charge in [0.05, 0.1) is 12.5 Å². The Hall–Kier alpha value is -1.46. The number of imidazole rings is 1. The van der Waals surface area contributed by atoms with Crippen LogP contribution in [0.2, 0.25) is 0 Å². The van der Waals surface area contributed by atoms with E-state index in [1.807, 2.05) is 0 Å². The molecule has 0 fully saturated rings. The largest absolute Gasteiger partial charge is 0.477 e. The minimum Gasteiger partial charge on any atom is -0.477 e. The van der Waals surface area contributed by atoms with Crippen LogP contribution in [0, 0.1) is 0 Å². The molecule has 1 rings (SSSR count). The van der Waals surface area contributed by atoms with Crippen LogP contribution in [0.5, 0.6) is 0 Å². The number of halogens is 2. The van der Waals surface area contributed by atoms with Crippen LogP contribution in [0.4, 0.5) is 8.78 Å². The standard InChI is InChI=1S/C5H4F2N2O2/c6-5(7)9-2-8-1-3(9)4(10)11/h1-2,5H,(H,10,11). The summed E-state index contributed by atoms with van der Waals surface area (Å²) in [4.78, 5) is 13.5.